The van der Waals surface area contributed by atoms with E-state index in [4.69, 9.17) is 0 Å². The van der Waals surface area contributed by atoms with E-state index in [1.807, 2.05) is 36.0 Å². The molecule has 3 nitrogen and oxygen atoms in total. The van der Waals surface area contributed by atoms with E-state index in [1.54, 1.807) is 4.90 Å². The van der Waals surface area contributed by atoms with Crippen LogP contribution in [-0.4, -0.2) is 12.5 Å². The minimum Gasteiger partial charge on any atom is -0.247 e. The number of carbonyl (C=O) groups excluding carboxylic acids is 1. The number of pyridine rings is 1. The molecule has 1 saturated heterocycles. The molecule has 1 aliphatic rings. The molecular weight excluding hydrogens is 152 g/mol. The van der Waals surface area contributed by atoms with Gasteiger partial charge in [-0.1, -0.05) is 6.07 Å². The second kappa shape index (κ2) is 2.59. The lowest BCUT2D eigenvalue weighted by Gasteiger charge is -2.22. The zero-order chi connectivity index (χ0) is 8.55. The highest BCUT2D eigenvalue weighted by Gasteiger charge is 2.34. The third-order valence-corrected chi connectivity index (χ3v) is 2.15. The Morgan fingerprint density at radius 2 is 2.33 bits per heavy atom. The number of aromatic nitrogens is 1. The Morgan fingerprint density at radius 1 is 1.50 bits per heavy atom. The third-order valence-electron chi connectivity index (χ3n) is 2.15. The van der Waals surface area contributed by atoms with Gasteiger partial charge in [0, 0.05) is 6.07 Å². The zero-order valence-electron chi connectivity index (χ0n) is 7.03. The van der Waals surface area contributed by atoms with E-state index in [0.717, 1.165) is 12.4 Å². The van der Waals surface area contributed by atoms with E-state index in [1.165, 1.54) is 0 Å². The average Bonchev–Trinajstić information content (AvgIpc) is 2.06. The number of aryl methyl sites for hydroxylation is 1. The number of β-lactam (4-membered cyclic amide) rings is 1. The molecule has 0 saturated carbocycles. The van der Waals surface area contributed by atoms with Gasteiger partial charge >= 0.3 is 5.91 Å². The van der Waals surface area contributed by atoms with E-state index in [9.17, 15) is 4.79 Å². The van der Waals surface area contributed by atoms with E-state index >= 15 is 0 Å². The SMILES string of the molecule is C[n+]1ccccc1N1CCC1=O. The van der Waals surface area contributed by atoms with Crippen molar-refractivity contribution in [2.45, 2.75) is 6.42 Å². The maximum atomic E-state index is 11.1. The van der Waals surface area contributed by atoms with Crippen LogP contribution in [0.3, 0.4) is 0 Å². The number of amides is 1. The lowest BCUT2D eigenvalue weighted by molar-refractivity contribution is -0.658. The molecule has 0 spiro atoms. The van der Waals surface area contributed by atoms with Gasteiger partial charge in [0.25, 0.3) is 5.82 Å². The first-order valence-electron chi connectivity index (χ1n) is 4.04. The van der Waals surface area contributed by atoms with Crippen molar-refractivity contribution in [3.63, 3.8) is 0 Å². The molecule has 62 valence electrons. The first kappa shape index (κ1) is 7.28. The fraction of sp³-hybridized carbons (Fsp3) is 0.333. The molecule has 0 aromatic carbocycles. The van der Waals surface area contributed by atoms with Crippen LogP contribution in [0.15, 0.2) is 24.4 Å². The van der Waals surface area contributed by atoms with Crippen LogP contribution in [0, 0.1) is 0 Å². The highest BCUT2D eigenvalue weighted by atomic mass is 16.2. The second-order valence-corrected chi connectivity index (χ2v) is 2.97. The molecule has 3 heteroatoms. The summed E-state index contributed by atoms with van der Waals surface area (Å²) in [6.45, 7) is 0.858. The van der Waals surface area contributed by atoms with Crippen LogP contribution in [-0.2, 0) is 11.8 Å². The second-order valence-electron chi connectivity index (χ2n) is 2.97. The van der Waals surface area contributed by atoms with Gasteiger partial charge in [0.05, 0.1) is 19.7 Å². The van der Waals surface area contributed by atoms with Gasteiger partial charge in [-0.05, 0) is 6.07 Å². The van der Waals surface area contributed by atoms with Crippen LogP contribution in [0.1, 0.15) is 6.42 Å². The molecule has 0 radical (unpaired) electrons. The van der Waals surface area contributed by atoms with Gasteiger partial charge in [-0.3, -0.25) is 0 Å². The highest BCUT2D eigenvalue weighted by molar-refractivity contribution is 5.97. The van der Waals surface area contributed by atoms with Gasteiger partial charge in [-0.25, -0.2) is 9.36 Å². The Kier molecular flexibility index (Phi) is 1.57. The number of nitrogens with zero attached hydrogens (tertiary/aromatic N) is 2. The van der Waals surface area contributed by atoms with Crippen molar-refractivity contribution in [2.24, 2.45) is 7.05 Å². The normalized spacial score (nSPS) is 16.1. The predicted octanol–water partition coefficient (Wildman–Crippen LogP) is 0.248. The Balaban J connectivity index is 2.33. The van der Waals surface area contributed by atoms with Crippen molar-refractivity contribution in [2.75, 3.05) is 11.4 Å². The summed E-state index contributed by atoms with van der Waals surface area (Å²) in [7, 11) is 1.95. The molecule has 0 atom stereocenters. The fourth-order valence-electron chi connectivity index (χ4n) is 1.35. The third kappa shape index (κ3) is 0.978. The van der Waals surface area contributed by atoms with Crippen LogP contribution in [0.5, 0.6) is 0 Å². The minimum absolute atomic E-state index is 0.219. The number of anilines is 1. The standard InChI is InChI=1S/C9H11N2O/c1-10-6-3-2-4-8(10)11-7-5-9(11)12/h2-4,6H,5,7H2,1H3/q+1. The van der Waals surface area contributed by atoms with Crippen molar-refractivity contribution in [1.82, 2.24) is 0 Å². The summed E-state index contributed by atoms with van der Waals surface area (Å²) < 4.78 is 1.96. The van der Waals surface area contributed by atoms with Crippen molar-refractivity contribution < 1.29 is 9.36 Å². The van der Waals surface area contributed by atoms with Gasteiger partial charge in [0.2, 0.25) is 0 Å². The molecule has 0 unspecified atom stereocenters. The number of rotatable bonds is 1. The van der Waals surface area contributed by atoms with E-state index in [2.05, 4.69) is 0 Å². The number of hydrogen-bond donors (Lipinski definition) is 0. The molecule has 1 aromatic heterocycles. The monoisotopic (exact) mass is 163 g/mol. The largest absolute Gasteiger partial charge is 0.313 e. The van der Waals surface area contributed by atoms with Gasteiger partial charge < -0.3 is 0 Å². The minimum atomic E-state index is 0.219. The summed E-state index contributed by atoms with van der Waals surface area (Å²) in [4.78, 5) is 12.9. The first-order chi connectivity index (χ1) is 5.79. The van der Waals surface area contributed by atoms with Crippen molar-refractivity contribution in [1.29, 1.82) is 0 Å². The summed E-state index contributed by atoms with van der Waals surface area (Å²) in [5, 5.41) is 0. The predicted molar refractivity (Wildman–Crippen MR) is 44.6 cm³/mol. The highest BCUT2D eigenvalue weighted by Crippen LogP contribution is 2.16. The molecule has 1 aliphatic heterocycles. The van der Waals surface area contributed by atoms with E-state index < -0.39 is 0 Å². The number of hydrogen-bond acceptors (Lipinski definition) is 1. The van der Waals surface area contributed by atoms with Crippen LogP contribution < -0.4 is 9.47 Å². The lowest BCUT2D eigenvalue weighted by atomic mass is 10.2. The fourth-order valence-corrected chi connectivity index (χ4v) is 1.35. The molecule has 12 heavy (non-hydrogen) atoms. The molecule has 1 amide bonds. The quantitative estimate of drug-likeness (QED) is 0.430. The Bertz CT molecular complexity index is 322. The van der Waals surface area contributed by atoms with Crippen molar-refractivity contribution in [3.8, 4) is 0 Å². The molecule has 0 bridgehead atoms. The van der Waals surface area contributed by atoms with Crippen LogP contribution in [0.25, 0.3) is 0 Å². The molecule has 1 aromatic rings. The van der Waals surface area contributed by atoms with Gasteiger partial charge in [-0.2, -0.15) is 4.90 Å². The van der Waals surface area contributed by atoms with E-state index in [-0.39, 0.29) is 5.91 Å². The summed E-state index contributed by atoms with van der Waals surface area (Å²) in [6, 6.07) is 5.85. The Hall–Kier alpha value is -1.38. The lowest BCUT2D eigenvalue weighted by Crippen LogP contribution is -2.49. The zero-order valence-corrected chi connectivity index (χ0v) is 7.03. The van der Waals surface area contributed by atoms with Crippen molar-refractivity contribution >= 4 is 11.7 Å². The van der Waals surface area contributed by atoms with Crippen LogP contribution in [0.2, 0.25) is 0 Å². The Labute approximate surface area is 71.2 Å². The molecule has 0 aliphatic carbocycles. The molecule has 2 rings (SSSR count). The molecule has 0 N–H and O–H groups in total. The van der Waals surface area contributed by atoms with Gasteiger partial charge in [0.1, 0.15) is 6.54 Å². The first-order valence-corrected chi connectivity index (χ1v) is 4.04. The maximum absolute atomic E-state index is 11.1. The maximum Gasteiger partial charge on any atom is 0.313 e. The van der Waals surface area contributed by atoms with Crippen LogP contribution in [0.4, 0.5) is 5.82 Å². The number of carbonyl (C=O) groups is 1. The molecule has 2 heterocycles. The molecular formula is C9H11N2O+. The van der Waals surface area contributed by atoms with Gasteiger partial charge in [0.15, 0.2) is 0 Å². The topological polar surface area (TPSA) is 24.2 Å². The van der Waals surface area contributed by atoms with E-state index in [0.29, 0.717) is 6.42 Å². The molecule has 1 fully saturated rings. The summed E-state index contributed by atoms with van der Waals surface area (Å²) in [6.07, 6.45) is 2.63. The summed E-state index contributed by atoms with van der Waals surface area (Å²) in [5.74, 6) is 1.20. The average molecular weight is 163 g/mol. The smallest absolute Gasteiger partial charge is 0.247 e. The van der Waals surface area contributed by atoms with Gasteiger partial charge in [-0.15, -0.1) is 0 Å². The Morgan fingerprint density at radius 3 is 2.83 bits per heavy atom. The summed E-state index contributed by atoms with van der Waals surface area (Å²) >= 11 is 0. The van der Waals surface area contributed by atoms with Crippen molar-refractivity contribution in [3.05, 3.63) is 24.4 Å². The summed E-state index contributed by atoms with van der Waals surface area (Å²) in [5.41, 5.74) is 0. The van der Waals surface area contributed by atoms with Crippen LogP contribution >= 0.6 is 0 Å².